The summed E-state index contributed by atoms with van der Waals surface area (Å²) >= 11 is 1.65. The van der Waals surface area contributed by atoms with Gasteiger partial charge in [0.1, 0.15) is 6.04 Å². The topological polar surface area (TPSA) is 45.6 Å². The fourth-order valence-corrected chi connectivity index (χ4v) is 4.51. The number of thioether (sulfide) groups is 1. The van der Waals surface area contributed by atoms with E-state index in [2.05, 4.69) is 0 Å². The van der Waals surface area contributed by atoms with Crippen molar-refractivity contribution in [3.05, 3.63) is 36.0 Å². The lowest BCUT2D eigenvalue weighted by molar-refractivity contribution is -0.134. The van der Waals surface area contributed by atoms with E-state index in [4.69, 9.17) is 0 Å². The molecule has 0 N–H and O–H groups in total. The van der Waals surface area contributed by atoms with Gasteiger partial charge in [0.25, 0.3) is 5.91 Å². The second-order valence-electron chi connectivity index (χ2n) is 6.64. The van der Waals surface area contributed by atoms with Crippen molar-refractivity contribution in [2.75, 3.05) is 18.7 Å². The number of aromatic nitrogens is 1. The van der Waals surface area contributed by atoms with Crippen LogP contribution in [-0.4, -0.2) is 56.9 Å². The van der Waals surface area contributed by atoms with Crippen LogP contribution in [0.25, 0.3) is 10.9 Å². The Morgan fingerprint density at radius 2 is 2.04 bits per heavy atom. The highest BCUT2D eigenvalue weighted by atomic mass is 32.2. The molecule has 1 saturated carbocycles. The van der Waals surface area contributed by atoms with Gasteiger partial charge in [-0.3, -0.25) is 9.59 Å². The average molecular weight is 343 g/mol. The number of hydrogen-bond acceptors (Lipinski definition) is 3. The molecule has 0 bridgehead atoms. The van der Waals surface area contributed by atoms with Crippen LogP contribution in [0.2, 0.25) is 0 Å². The van der Waals surface area contributed by atoms with Gasteiger partial charge in [-0.2, -0.15) is 0 Å². The number of rotatable bonds is 3. The summed E-state index contributed by atoms with van der Waals surface area (Å²) in [6.07, 6.45) is 4.13. The van der Waals surface area contributed by atoms with E-state index in [0.29, 0.717) is 23.2 Å². The Balaban J connectivity index is 1.63. The van der Waals surface area contributed by atoms with Crippen molar-refractivity contribution in [3.8, 4) is 0 Å². The first-order valence-corrected chi connectivity index (χ1v) is 9.43. The van der Waals surface area contributed by atoms with Gasteiger partial charge in [-0.25, -0.2) is 0 Å². The molecular weight excluding hydrogens is 322 g/mol. The van der Waals surface area contributed by atoms with Crippen molar-refractivity contribution in [3.63, 3.8) is 0 Å². The van der Waals surface area contributed by atoms with Crippen LogP contribution < -0.4 is 0 Å². The van der Waals surface area contributed by atoms with Gasteiger partial charge in [0.05, 0.1) is 5.88 Å². The van der Waals surface area contributed by atoms with Crippen LogP contribution >= 0.6 is 11.8 Å². The lowest BCUT2D eigenvalue weighted by atomic mass is 10.1. The molecule has 4 rings (SSSR count). The predicted molar refractivity (Wildman–Crippen MR) is 96.0 cm³/mol. The summed E-state index contributed by atoms with van der Waals surface area (Å²) in [6, 6.07) is 7.78. The lowest BCUT2D eigenvalue weighted by Gasteiger charge is -2.27. The molecule has 1 aromatic carbocycles. The molecule has 2 aromatic rings. The fourth-order valence-electron chi connectivity index (χ4n) is 3.37. The predicted octanol–water partition coefficient (Wildman–Crippen LogP) is 2.31. The summed E-state index contributed by atoms with van der Waals surface area (Å²) in [5, 5.41) is 0.948. The molecule has 1 aromatic heterocycles. The zero-order valence-corrected chi connectivity index (χ0v) is 14.8. The first kappa shape index (κ1) is 15.6. The van der Waals surface area contributed by atoms with Gasteiger partial charge in [0, 0.05) is 48.6 Å². The summed E-state index contributed by atoms with van der Waals surface area (Å²) in [6.45, 7) is 0. The van der Waals surface area contributed by atoms with E-state index in [1.54, 1.807) is 16.7 Å². The summed E-state index contributed by atoms with van der Waals surface area (Å²) in [4.78, 5) is 29.5. The van der Waals surface area contributed by atoms with Crippen LogP contribution in [0.3, 0.4) is 0 Å². The number of carbonyl (C=O) groups excluding carboxylic acids is 2. The van der Waals surface area contributed by atoms with Gasteiger partial charge >= 0.3 is 0 Å². The molecule has 5 nitrogen and oxygen atoms in total. The monoisotopic (exact) mass is 343 g/mol. The molecule has 2 heterocycles. The average Bonchev–Trinajstić information content (AvgIpc) is 3.21. The summed E-state index contributed by atoms with van der Waals surface area (Å²) < 4.78 is 2.01. The van der Waals surface area contributed by atoms with Crippen molar-refractivity contribution >= 4 is 34.5 Å². The van der Waals surface area contributed by atoms with Gasteiger partial charge in [-0.1, -0.05) is 6.07 Å². The Hall–Kier alpha value is -1.95. The molecule has 0 radical (unpaired) electrons. The van der Waals surface area contributed by atoms with Crippen molar-refractivity contribution in [2.45, 2.75) is 24.9 Å². The molecule has 24 heavy (non-hydrogen) atoms. The normalized spacial score (nSPS) is 20.6. The number of carbonyl (C=O) groups is 2. The highest BCUT2D eigenvalue weighted by molar-refractivity contribution is 7.99. The standard InChI is InChI=1S/C18H21N3O2S/c1-19-9-8-13-14(4-3-5-15(13)19)17(22)21-11-24-10-16(21)18(23)20(2)12-6-7-12/h3-5,8-9,12,16H,6-7,10-11H2,1-2H3. The molecule has 1 saturated heterocycles. The van der Waals surface area contributed by atoms with Crippen molar-refractivity contribution < 1.29 is 9.59 Å². The summed E-state index contributed by atoms with van der Waals surface area (Å²) in [7, 11) is 3.84. The van der Waals surface area contributed by atoms with E-state index in [-0.39, 0.29) is 17.9 Å². The number of likely N-dealkylation sites (N-methyl/N-ethyl adjacent to an activating group) is 1. The minimum atomic E-state index is -0.341. The molecule has 2 fully saturated rings. The highest BCUT2D eigenvalue weighted by Gasteiger charge is 2.40. The molecule has 1 atom stereocenters. The van der Waals surface area contributed by atoms with E-state index in [1.165, 1.54) is 0 Å². The SMILES string of the molecule is CN(C(=O)C1CSCN1C(=O)c1cccc2c1ccn2C)C1CC1. The van der Waals surface area contributed by atoms with Crippen LogP contribution in [0.1, 0.15) is 23.2 Å². The van der Waals surface area contributed by atoms with Crippen LogP contribution in [0.4, 0.5) is 0 Å². The van der Waals surface area contributed by atoms with Gasteiger partial charge in [0.15, 0.2) is 0 Å². The van der Waals surface area contributed by atoms with Crippen molar-refractivity contribution in [2.24, 2.45) is 7.05 Å². The van der Waals surface area contributed by atoms with Gasteiger partial charge in [-0.15, -0.1) is 11.8 Å². The number of nitrogens with zero attached hydrogens (tertiary/aromatic N) is 3. The maximum atomic E-state index is 13.1. The van der Waals surface area contributed by atoms with E-state index in [0.717, 1.165) is 23.7 Å². The zero-order chi connectivity index (χ0) is 16.8. The van der Waals surface area contributed by atoms with Crippen LogP contribution in [0.15, 0.2) is 30.5 Å². The Morgan fingerprint density at radius 1 is 1.25 bits per heavy atom. The minimum Gasteiger partial charge on any atom is -0.351 e. The Labute approximate surface area is 145 Å². The third-order valence-electron chi connectivity index (χ3n) is 5.03. The van der Waals surface area contributed by atoms with Crippen molar-refractivity contribution in [1.29, 1.82) is 0 Å². The second-order valence-corrected chi connectivity index (χ2v) is 7.64. The summed E-state index contributed by atoms with van der Waals surface area (Å²) in [5.41, 5.74) is 1.72. The lowest BCUT2D eigenvalue weighted by Crippen LogP contribution is -2.48. The molecule has 1 unspecified atom stereocenters. The molecule has 2 amide bonds. The number of amides is 2. The number of aryl methyl sites for hydroxylation is 1. The second kappa shape index (κ2) is 5.84. The highest BCUT2D eigenvalue weighted by Crippen LogP contribution is 2.31. The maximum Gasteiger partial charge on any atom is 0.255 e. The van der Waals surface area contributed by atoms with E-state index >= 15 is 0 Å². The zero-order valence-electron chi connectivity index (χ0n) is 13.9. The first-order valence-electron chi connectivity index (χ1n) is 8.27. The molecule has 0 spiro atoms. The minimum absolute atomic E-state index is 0.0423. The third kappa shape index (κ3) is 2.49. The van der Waals surface area contributed by atoms with E-state index < -0.39 is 0 Å². The number of hydrogen-bond donors (Lipinski definition) is 0. The third-order valence-corrected chi connectivity index (χ3v) is 6.04. The van der Waals surface area contributed by atoms with Crippen LogP contribution in [-0.2, 0) is 11.8 Å². The first-order chi connectivity index (χ1) is 11.6. The molecular formula is C18H21N3O2S. The van der Waals surface area contributed by atoms with Gasteiger partial charge in [-0.05, 0) is 31.0 Å². The number of benzene rings is 1. The van der Waals surface area contributed by atoms with Crippen molar-refractivity contribution in [1.82, 2.24) is 14.4 Å². The Morgan fingerprint density at radius 3 is 2.79 bits per heavy atom. The van der Waals surface area contributed by atoms with Crippen LogP contribution in [0, 0.1) is 0 Å². The molecule has 6 heteroatoms. The largest absolute Gasteiger partial charge is 0.351 e. The van der Waals surface area contributed by atoms with Gasteiger partial charge < -0.3 is 14.4 Å². The molecule has 1 aliphatic heterocycles. The van der Waals surface area contributed by atoms with Crippen LogP contribution in [0.5, 0.6) is 0 Å². The smallest absolute Gasteiger partial charge is 0.255 e. The molecule has 126 valence electrons. The molecule has 1 aliphatic carbocycles. The Kier molecular flexibility index (Phi) is 3.79. The Bertz CT molecular complexity index is 812. The maximum absolute atomic E-state index is 13.1. The molecule has 2 aliphatic rings. The quantitative estimate of drug-likeness (QED) is 0.859. The van der Waals surface area contributed by atoms with E-state index in [1.807, 2.05) is 54.0 Å². The van der Waals surface area contributed by atoms with Gasteiger partial charge in [0.2, 0.25) is 5.91 Å². The fraction of sp³-hybridized carbons (Fsp3) is 0.444. The van der Waals surface area contributed by atoms with E-state index in [9.17, 15) is 9.59 Å². The summed E-state index contributed by atoms with van der Waals surface area (Å²) in [5.74, 6) is 1.30. The number of fused-ring (bicyclic) bond motifs is 1.